The van der Waals surface area contributed by atoms with Gasteiger partial charge in [0.25, 0.3) is 0 Å². The average Bonchev–Trinajstić information content (AvgIpc) is 2.13. The van der Waals surface area contributed by atoms with Crippen LogP contribution in [0.1, 0.15) is 33.1 Å². The van der Waals surface area contributed by atoms with Crippen molar-refractivity contribution in [3.05, 3.63) is 11.6 Å². The molecule has 2 bridgehead atoms. The minimum absolute atomic E-state index is 0.143. The summed E-state index contributed by atoms with van der Waals surface area (Å²) in [6.45, 7) is 3.75. The third-order valence-corrected chi connectivity index (χ3v) is 3.74. The molecule has 1 N–H and O–H groups in total. The second kappa shape index (κ2) is 3.19. The Morgan fingerprint density at radius 3 is 2.80 bits per heavy atom. The Balaban J connectivity index is 2.33. The Kier molecular flexibility index (Phi) is 2.21. The molecular weight excluding hydrogens is 192 g/mol. The van der Waals surface area contributed by atoms with Crippen LogP contribution in [0, 0.1) is 17.3 Å². The molecule has 82 valence electrons. The second-order valence-corrected chi connectivity index (χ2v) is 5.18. The van der Waals surface area contributed by atoms with Gasteiger partial charge in [0.2, 0.25) is 0 Å². The lowest BCUT2D eigenvalue weighted by Crippen LogP contribution is -2.42. The summed E-state index contributed by atoms with van der Waals surface area (Å²) in [6, 6.07) is 0. The molecule has 3 heteroatoms. The van der Waals surface area contributed by atoms with Crippen molar-refractivity contribution in [1.82, 2.24) is 0 Å². The van der Waals surface area contributed by atoms with Crippen LogP contribution in [0.5, 0.6) is 0 Å². The molecule has 1 fully saturated rings. The number of fused-ring (bicyclic) bond motifs is 2. The summed E-state index contributed by atoms with van der Waals surface area (Å²) in [5.41, 5.74) is 0.391. The minimum atomic E-state index is -0.758. The van der Waals surface area contributed by atoms with Crippen molar-refractivity contribution in [1.29, 1.82) is 0 Å². The number of ketones is 1. The van der Waals surface area contributed by atoms with Crippen LogP contribution in [0.25, 0.3) is 0 Å². The first-order chi connectivity index (χ1) is 6.92. The highest BCUT2D eigenvalue weighted by Gasteiger charge is 2.46. The lowest BCUT2D eigenvalue weighted by Gasteiger charge is -2.42. The standard InChI is InChI=1S/C12H16O3/c1-7-3-8-4-9(11(14)15)6-12(2,5-8)10(7)13/h3,8-9H,4-6H2,1-2H3,(H,14,15)/t8-,9-,12-/m1/s1. The van der Waals surface area contributed by atoms with Crippen molar-refractivity contribution in [3.8, 4) is 0 Å². The molecule has 1 saturated carbocycles. The highest BCUT2D eigenvalue weighted by atomic mass is 16.4. The summed E-state index contributed by atoms with van der Waals surface area (Å²) in [7, 11) is 0. The van der Waals surface area contributed by atoms with Crippen LogP contribution in [-0.2, 0) is 9.59 Å². The molecule has 0 heterocycles. The van der Waals surface area contributed by atoms with Crippen LogP contribution in [0.15, 0.2) is 11.6 Å². The first-order valence-electron chi connectivity index (χ1n) is 5.38. The fraction of sp³-hybridized carbons (Fsp3) is 0.667. The van der Waals surface area contributed by atoms with Crippen LogP contribution in [0.3, 0.4) is 0 Å². The molecule has 0 aromatic carbocycles. The van der Waals surface area contributed by atoms with E-state index < -0.39 is 11.4 Å². The van der Waals surface area contributed by atoms with E-state index in [1.807, 2.05) is 19.9 Å². The van der Waals surface area contributed by atoms with E-state index in [0.29, 0.717) is 12.8 Å². The minimum Gasteiger partial charge on any atom is -0.481 e. The molecule has 3 nitrogen and oxygen atoms in total. The third kappa shape index (κ3) is 1.60. The fourth-order valence-corrected chi connectivity index (χ4v) is 3.14. The molecule has 0 radical (unpaired) electrons. The van der Waals surface area contributed by atoms with Gasteiger partial charge < -0.3 is 5.11 Å². The van der Waals surface area contributed by atoms with Crippen molar-refractivity contribution >= 4 is 11.8 Å². The first kappa shape index (κ1) is 10.4. The number of hydrogen-bond acceptors (Lipinski definition) is 2. The molecule has 2 aliphatic carbocycles. The summed E-state index contributed by atoms with van der Waals surface area (Å²) >= 11 is 0. The molecule has 0 amide bonds. The van der Waals surface area contributed by atoms with E-state index in [2.05, 4.69) is 0 Å². The van der Waals surface area contributed by atoms with Gasteiger partial charge in [0.1, 0.15) is 0 Å². The van der Waals surface area contributed by atoms with Crippen LogP contribution in [-0.4, -0.2) is 16.9 Å². The first-order valence-corrected chi connectivity index (χ1v) is 5.38. The summed E-state index contributed by atoms with van der Waals surface area (Å²) < 4.78 is 0. The van der Waals surface area contributed by atoms with Gasteiger partial charge in [-0.2, -0.15) is 0 Å². The van der Waals surface area contributed by atoms with Gasteiger partial charge in [0.15, 0.2) is 5.78 Å². The zero-order valence-electron chi connectivity index (χ0n) is 9.12. The number of carboxylic acid groups (broad SMARTS) is 1. The highest BCUT2D eigenvalue weighted by molar-refractivity contribution is 6.00. The number of aliphatic carboxylic acids is 1. The van der Waals surface area contributed by atoms with Crippen molar-refractivity contribution in [2.75, 3.05) is 0 Å². The molecule has 0 aromatic heterocycles. The SMILES string of the molecule is CC1=C[C@@H]2C[C@@H](C(=O)O)C[C@@](C)(C2)C1=O. The number of carbonyl (C=O) groups is 2. The number of allylic oxidation sites excluding steroid dienone is 2. The number of hydrogen-bond donors (Lipinski definition) is 1. The Labute approximate surface area is 89.2 Å². The third-order valence-electron chi connectivity index (χ3n) is 3.74. The van der Waals surface area contributed by atoms with Gasteiger partial charge in [-0.1, -0.05) is 13.0 Å². The van der Waals surface area contributed by atoms with Gasteiger partial charge in [0.05, 0.1) is 5.92 Å². The summed E-state index contributed by atoms with van der Waals surface area (Å²) in [5.74, 6) is -0.680. The van der Waals surface area contributed by atoms with E-state index in [0.717, 1.165) is 12.0 Å². The molecule has 15 heavy (non-hydrogen) atoms. The lowest BCUT2D eigenvalue weighted by atomic mass is 9.60. The molecular formula is C12H16O3. The van der Waals surface area contributed by atoms with Crippen molar-refractivity contribution in [3.63, 3.8) is 0 Å². The molecule has 2 aliphatic rings. The largest absolute Gasteiger partial charge is 0.481 e. The molecule has 0 saturated heterocycles. The smallest absolute Gasteiger partial charge is 0.306 e. The maximum atomic E-state index is 12.0. The van der Waals surface area contributed by atoms with E-state index in [1.165, 1.54) is 0 Å². The van der Waals surface area contributed by atoms with Gasteiger partial charge in [-0.15, -0.1) is 0 Å². The van der Waals surface area contributed by atoms with Gasteiger partial charge in [-0.3, -0.25) is 9.59 Å². The van der Waals surface area contributed by atoms with Crippen LogP contribution in [0.2, 0.25) is 0 Å². The van der Waals surface area contributed by atoms with E-state index in [4.69, 9.17) is 5.11 Å². The lowest BCUT2D eigenvalue weighted by molar-refractivity contribution is -0.146. The summed E-state index contributed by atoms with van der Waals surface area (Å²) in [4.78, 5) is 22.9. The van der Waals surface area contributed by atoms with E-state index >= 15 is 0 Å². The van der Waals surface area contributed by atoms with E-state index in [9.17, 15) is 9.59 Å². The van der Waals surface area contributed by atoms with Crippen molar-refractivity contribution in [2.24, 2.45) is 17.3 Å². The molecule has 2 rings (SSSR count). The summed E-state index contributed by atoms with van der Waals surface area (Å²) in [5, 5.41) is 9.03. The zero-order valence-corrected chi connectivity index (χ0v) is 9.12. The molecule has 0 aromatic rings. The molecule has 0 unspecified atom stereocenters. The van der Waals surface area contributed by atoms with Gasteiger partial charge in [0, 0.05) is 5.41 Å². The van der Waals surface area contributed by atoms with Gasteiger partial charge >= 0.3 is 5.97 Å². The quantitative estimate of drug-likeness (QED) is 0.717. The average molecular weight is 208 g/mol. The summed E-state index contributed by atoms with van der Waals surface area (Å²) in [6.07, 6.45) is 3.98. The molecule has 0 spiro atoms. The van der Waals surface area contributed by atoms with Crippen molar-refractivity contribution in [2.45, 2.75) is 33.1 Å². The maximum absolute atomic E-state index is 12.0. The Hall–Kier alpha value is -1.12. The van der Waals surface area contributed by atoms with E-state index in [-0.39, 0.29) is 17.6 Å². The van der Waals surface area contributed by atoms with Crippen LogP contribution in [0.4, 0.5) is 0 Å². The number of rotatable bonds is 1. The predicted octanol–water partition coefficient (Wildman–Crippen LogP) is 2.02. The number of Topliss-reactive ketones (excluding diaryl/α,β-unsaturated/α-hetero) is 1. The second-order valence-electron chi connectivity index (χ2n) is 5.18. The predicted molar refractivity (Wildman–Crippen MR) is 55.3 cm³/mol. The Morgan fingerprint density at radius 1 is 1.53 bits per heavy atom. The Morgan fingerprint density at radius 2 is 2.20 bits per heavy atom. The zero-order chi connectivity index (χ0) is 11.2. The molecule has 3 atom stereocenters. The maximum Gasteiger partial charge on any atom is 0.306 e. The Bertz CT molecular complexity index is 356. The highest BCUT2D eigenvalue weighted by Crippen LogP contribution is 2.47. The molecule has 0 aliphatic heterocycles. The van der Waals surface area contributed by atoms with Crippen molar-refractivity contribution < 1.29 is 14.7 Å². The fourth-order valence-electron chi connectivity index (χ4n) is 3.14. The number of carboxylic acids is 1. The monoisotopic (exact) mass is 208 g/mol. The van der Waals surface area contributed by atoms with Crippen LogP contribution >= 0.6 is 0 Å². The van der Waals surface area contributed by atoms with E-state index in [1.54, 1.807) is 0 Å². The topological polar surface area (TPSA) is 54.4 Å². The van der Waals surface area contributed by atoms with Gasteiger partial charge in [-0.25, -0.2) is 0 Å². The van der Waals surface area contributed by atoms with Crippen LogP contribution < -0.4 is 0 Å². The van der Waals surface area contributed by atoms with Gasteiger partial charge in [-0.05, 0) is 37.7 Å². The normalized spacial score (nSPS) is 39.9. The number of carbonyl (C=O) groups excluding carboxylic acids is 1.